The van der Waals surface area contributed by atoms with E-state index in [1.807, 2.05) is 5.38 Å². The molecule has 0 aliphatic carbocycles. The molecule has 1 amide bonds. The predicted molar refractivity (Wildman–Crippen MR) is 116 cm³/mol. The highest BCUT2D eigenvalue weighted by molar-refractivity contribution is 7.13. The molecule has 162 valence electrons. The first kappa shape index (κ1) is 21.1. The average Bonchev–Trinajstić information content (AvgIpc) is 3.37. The second-order valence-corrected chi connectivity index (χ2v) is 8.35. The Balaban J connectivity index is 1.37. The highest BCUT2D eigenvalue weighted by Gasteiger charge is 2.23. The number of carbonyl (C=O) groups excluding carboxylic acids is 1. The van der Waals surface area contributed by atoms with Crippen LogP contribution in [-0.2, 0) is 11.3 Å². The van der Waals surface area contributed by atoms with Crippen molar-refractivity contribution in [2.75, 3.05) is 18.4 Å². The third-order valence-corrected chi connectivity index (χ3v) is 5.63. The third-order valence-electron chi connectivity index (χ3n) is 4.82. The van der Waals surface area contributed by atoms with Gasteiger partial charge in [0.1, 0.15) is 0 Å². The van der Waals surface area contributed by atoms with E-state index in [0.29, 0.717) is 22.9 Å². The van der Waals surface area contributed by atoms with E-state index in [9.17, 15) is 14.9 Å². The second-order valence-electron chi connectivity index (χ2n) is 7.50. The molecule has 1 N–H and O–H groups in total. The van der Waals surface area contributed by atoms with Crippen molar-refractivity contribution in [3.63, 3.8) is 0 Å². The van der Waals surface area contributed by atoms with Gasteiger partial charge in [0, 0.05) is 43.3 Å². The number of nitro benzene ring substituents is 1. The summed E-state index contributed by atoms with van der Waals surface area (Å²) in [7, 11) is 0. The first-order valence-corrected chi connectivity index (χ1v) is 10.7. The number of nitro groups is 1. The van der Waals surface area contributed by atoms with Crippen LogP contribution in [0.15, 0.2) is 42.0 Å². The third kappa shape index (κ3) is 5.13. The first-order chi connectivity index (χ1) is 14.9. The molecule has 2 atom stereocenters. The van der Waals surface area contributed by atoms with E-state index in [1.165, 1.54) is 34.3 Å². The quantitative estimate of drug-likeness (QED) is 0.461. The lowest BCUT2D eigenvalue weighted by molar-refractivity contribution is -0.384. The zero-order valence-electron chi connectivity index (χ0n) is 17.1. The Kier molecular flexibility index (Phi) is 6.07. The average molecular weight is 443 g/mol. The van der Waals surface area contributed by atoms with Crippen molar-refractivity contribution >= 4 is 28.1 Å². The fourth-order valence-corrected chi connectivity index (χ4v) is 4.25. The van der Waals surface area contributed by atoms with E-state index in [2.05, 4.69) is 34.1 Å². The van der Waals surface area contributed by atoms with Crippen molar-refractivity contribution in [3.05, 3.63) is 63.4 Å². The summed E-state index contributed by atoms with van der Waals surface area (Å²) >= 11 is 1.38. The van der Waals surface area contributed by atoms with Gasteiger partial charge in [0.05, 0.1) is 40.3 Å². The number of amides is 1. The number of nitrogens with one attached hydrogen (secondary N) is 1. The molecule has 1 saturated heterocycles. The summed E-state index contributed by atoms with van der Waals surface area (Å²) in [6.45, 7) is 6.54. The molecule has 11 heteroatoms. The minimum absolute atomic E-state index is 0.00515. The largest absolute Gasteiger partial charge is 0.373 e. The Morgan fingerprint density at radius 3 is 2.68 bits per heavy atom. The number of thiazole rings is 1. The molecular weight excluding hydrogens is 420 g/mol. The van der Waals surface area contributed by atoms with Crippen LogP contribution in [0.1, 0.15) is 29.9 Å². The molecule has 3 aromatic rings. The molecule has 0 spiro atoms. The minimum Gasteiger partial charge on any atom is -0.373 e. The summed E-state index contributed by atoms with van der Waals surface area (Å²) in [6.07, 6.45) is 3.39. The summed E-state index contributed by atoms with van der Waals surface area (Å²) in [5.74, 6) is -0.317. The van der Waals surface area contributed by atoms with Gasteiger partial charge >= 0.3 is 0 Å². The molecule has 0 bridgehead atoms. The highest BCUT2D eigenvalue weighted by Crippen LogP contribution is 2.20. The SMILES string of the molecule is CC1CN(Cc2csc(NC(=O)c3cnn(-c4ccc([N+](=O)[O-])cc4)c3)n2)CC(C)O1. The number of benzene rings is 1. The Morgan fingerprint density at radius 1 is 1.29 bits per heavy atom. The standard InChI is InChI=1S/C20H22N6O4S/c1-13-8-24(9-14(2)30-13)11-16-12-31-20(22-16)23-19(27)15-7-21-25(10-15)17-3-5-18(6-4-17)26(28)29/h3-7,10,12-14H,8-9,11H2,1-2H3,(H,22,23,27). The first-order valence-electron chi connectivity index (χ1n) is 9.80. The summed E-state index contributed by atoms with van der Waals surface area (Å²) in [4.78, 5) is 29.7. The van der Waals surface area contributed by atoms with Crippen molar-refractivity contribution in [2.24, 2.45) is 0 Å². The number of aromatic nitrogens is 3. The maximum Gasteiger partial charge on any atom is 0.269 e. The van der Waals surface area contributed by atoms with Gasteiger partial charge in [-0.05, 0) is 26.0 Å². The van der Waals surface area contributed by atoms with Crippen LogP contribution in [0.25, 0.3) is 5.69 Å². The van der Waals surface area contributed by atoms with E-state index >= 15 is 0 Å². The van der Waals surface area contributed by atoms with Gasteiger partial charge in [-0.15, -0.1) is 11.3 Å². The summed E-state index contributed by atoms with van der Waals surface area (Å²) in [5.41, 5.74) is 1.89. The van der Waals surface area contributed by atoms with Crippen LogP contribution in [0, 0.1) is 10.1 Å². The van der Waals surface area contributed by atoms with Crippen LogP contribution in [-0.4, -0.2) is 55.8 Å². The van der Waals surface area contributed by atoms with Gasteiger partial charge in [-0.3, -0.25) is 25.1 Å². The van der Waals surface area contributed by atoms with Gasteiger partial charge in [-0.2, -0.15) is 5.10 Å². The molecule has 0 saturated carbocycles. The molecule has 1 aliphatic rings. The smallest absolute Gasteiger partial charge is 0.269 e. The van der Waals surface area contributed by atoms with E-state index in [1.54, 1.807) is 18.3 Å². The number of hydrogen-bond donors (Lipinski definition) is 1. The number of rotatable bonds is 6. The second kappa shape index (κ2) is 8.92. The number of nitrogens with zero attached hydrogens (tertiary/aromatic N) is 5. The van der Waals surface area contributed by atoms with Gasteiger partial charge < -0.3 is 4.74 Å². The molecule has 31 heavy (non-hydrogen) atoms. The summed E-state index contributed by atoms with van der Waals surface area (Å²) < 4.78 is 7.25. The topological polar surface area (TPSA) is 115 Å². The fraction of sp³-hybridized carbons (Fsp3) is 0.350. The van der Waals surface area contributed by atoms with Crippen LogP contribution in [0.5, 0.6) is 0 Å². The number of ether oxygens (including phenoxy) is 1. The molecule has 4 rings (SSSR count). The molecule has 2 unspecified atom stereocenters. The summed E-state index contributed by atoms with van der Waals surface area (Å²) in [5, 5.41) is 20.2. The number of morpholine rings is 1. The molecule has 1 fully saturated rings. The lowest BCUT2D eigenvalue weighted by atomic mass is 10.2. The van der Waals surface area contributed by atoms with Gasteiger partial charge in [0.15, 0.2) is 5.13 Å². The van der Waals surface area contributed by atoms with Crippen LogP contribution < -0.4 is 5.32 Å². The number of anilines is 1. The molecule has 1 aromatic carbocycles. The van der Waals surface area contributed by atoms with Gasteiger partial charge in [-0.1, -0.05) is 0 Å². The lowest BCUT2D eigenvalue weighted by Gasteiger charge is -2.34. The van der Waals surface area contributed by atoms with Crippen LogP contribution in [0.3, 0.4) is 0 Å². The zero-order chi connectivity index (χ0) is 22.0. The van der Waals surface area contributed by atoms with Gasteiger partial charge in [0.2, 0.25) is 0 Å². The van der Waals surface area contributed by atoms with E-state index in [0.717, 1.165) is 18.8 Å². The minimum atomic E-state index is -0.464. The lowest BCUT2D eigenvalue weighted by Crippen LogP contribution is -2.44. The molecule has 0 radical (unpaired) electrons. The van der Waals surface area contributed by atoms with Crippen LogP contribution in [0.4, 0.5) is 10.8 Å². The molecule has 10 nitrogen and oxygen atoms in total. The Morgan fingerprint density at radius 2 is 2.00 bits per heavy atom. The van der Waals surface area contributed by atoms with Crippen molar-refractivity contribution in [1.29, 1.82) is 0 Å². The maximum atomic E-state index is 12.6. The number of non-ortho nitro benzene ring substituents is 1. The normalized spacial score (nSPS) is 19.3. The van der Waals surface area contributed by atoms with Crippen molar-refractivity contribution in [3.8, 4) is 5.69 Å². The fourth-order valence-electron chi connectivity index (χ4n) is 3.56. The van der Waals surface area contributed by atoms with Crippen LogP contribution in [0.2, 0.25) is 0 Å². The van der Waals surface area contributed by atoms with E-state index in [4.69, 9.17) is 4.74 Å². The molecule has 3 heterocycles. The molecule has 2 aromatic heterocycles. The van der Waals surface area contributed by atoms with Crippen molar-refractivity contribution in [1.82, 2.24) is 19.7 Å². The highest BCUT2D eigenvalue weighted by atomic mass is 32.1. The molecular formula is C20H22N6O4S. The summed E-state index contributed by atoms with van der Waals surface area (Å²) in [6, 6.07) is 5.94. The zero-order valence-corrected chi connectivity index (χ0v) is 17.9. The molecule has 1 aliphatic heterocycles. The Labute approximate surface area is 182 Å². The van der Waals surface area contributed by atoms with Crippen molar-refractivity contribution < 1.29 is 14.5 Å². The van der Waals surface area contributed by atoms with Crippen LogP contribution >= 0.6 is 11.3 Å². The van der Waals surface area contributed by atoms with E-state index < -0.39 is 4.92 Å². The Bertz CT molecular complexity index is 1070. The number of carbonyl (C=O) groups is 1. The van der Waals surface area contributed by atoms with Gasteiger partial charge in [-0.25, -0.2) is 9.67 Å². The predicted octanol–water partition coefficient (Wildman–Crippen LogP) is 3.10. The van der Waals surface area contributed by atoms with E-state index in [-0.39, 0.29) is 23.8 Å². The van der Waals surface area contributed by atoms with Gasteiger partial charge in [0.25, 0.3) is 11.6 Å². The van der Waals surface area contributed by atoms with Crippen molar-refractivity contribution in [2.45, 2.75) is 32.6 Å². The Hall–Kier alpha value is -3.15. The number of hydrogen-bond acceptors (Lipinski definition) is 8. The maximum absolute atomic E-state index is 12.6. The monoisotopic (exact) mass is 442 g/mol.